The maximum Gasteiger partial charge on any atom is 0.221 e. The van der Waals surface area contributed by atoms with Crippen LogP contribution in [0.3, 0.4) is 0 Å². The third kappa shape index (κ3) is 4.37. The molecule has 0 bridgehead atoms. The number of hydrogen-bond acceptors (Lipinski definition) is 4. The Morgan fingerprint density at radius 1 is 1.08 bits per heavy atom. The summed E-state index contributed by atoms with van der Waals surface area (Å²) >= 11 is 6.17. The van der Waals surface area contributed by atoms with Gasteiger partial charge in [-0.1, -0.05) is 11.6 Å². The van der Waals surface area contributed by atoms with Crippen LogP contribution in [0.2, 0.25) is 5.02 Å². The van der Waals surface area contributed by atoms with E-state index in [0.717, 1.165) is 28.5 Å². The van der Waals surface area contributed by atoms with Crippen LogP contribution < -0.4 is 15.4 Å². The van der Waals surface area contributed by atoms with Crippen molar-refractivity contribution < 1.29 is 13.9 Å². The minimum Gasteiger partial charge on any atom is -0.495 e. The van der Waals surface area contributed by atoms with Gasteiger partial charge >= 0.3 is 0 Å². The van der Waals surface area contributed by atoms with Crippen LogP contribution in [0.25, 0.3) is 11.3 Å². The lowest BCUT2D eigenvalue weighted by atomic mass is 10.2. The third-order valence-corrected chi connectivity index (χ3v) is 4.07. The van der Waals surface area contributed by atoms with E-state index in [2.05, 4.69) is 10.6 Å². The molecule has 1 amide bonds. The van der Waals surface area contributed by atoms with E-state index in [1.807, 2.05) is 54.6 Å². The molecule has 0 spiro atoms. The fourth-order valence-corrected chi connectivity index (χ4v) is 2.77. The molecule has 0 aliphatic carbocycles. The first-order valence-corrected chi connectivity index (χ1v) is 8.47. The molecule has 0 saturated heterocycles. The Kier molecular flexibility index (Phi) is 5.49. The first-order valence-electron chi connectivity index (χ1n) is 8.09. The van der Waals surface area contributed by atoms with E-state index < -0.39 is 0 Å². The molecule has 2 N–H and O–H groups in total. The van der Waals surface area contributed by atoms with Gasteiger partial charge in [0.1, 0.15) is 17.3 Å². The van der Waals surface area contributed by atoms with Gasteiger partial charge in [0, 0.05) is 23.9 Å². The molecule has 3 rings (SSSR count). The van der Waals surface area contributed by atoms with Gasteiger partial charge in [0.2, 0.25) is 5.91 Å². The maximum atomic E-state index is 11.0. The van der Waals surface area contributed by atoms with Gasteiger partial charge in [-0.3, -0.25) is 4.79 Å². The molecule has 2 aromatic carbocycles. The molecule has 0 saturated carbocycles. The van der Waals surface area contributed by atoms with E-state index in [4.69, 9.17) is 20.8 Å². The Morgan fingerprint density at radius 3 is 2.46 bits per heavy atom. The second kappa shape index (κ2) is 7.97. The van der Waals surface area contributed by atoms with Gasteiger partial charge in [-0.2, -0.15) is 0 Å². The molecule has 6 heteroatoms. The molecule has 0 radical (unpaired) electrons. The quantitative estimate of drug-likeness (QED) is 0.627. The highest BCUT2D eigenvalue weighted by Crippen LogP contribution is 2.31. The van der Waals surface area contributed by atoms with Crippen molar-refractivity contribution in [3.05, 3.63) is 65.4 Å². The smallest absolute Gasteiger partial charge is 0.221 e. The van der Waals surface area contributed by atoms with Gasteiger partial charge in [-0.25, -0.2) is 0 Å². The Labute approximate surface area is 156 Å². The molecule has 3 aromatic rings. The minimum atomic E-state index is -0.0903. The van der Waals surface area contributed by atoms with E-state index in [0.29, 0.717) is 17.3 Å². The summed E-state index contributed by atoms with van der Waals surface area (Å²) in [6.07, 6.45) is 0. The summed E-state index contributed by atoms with van der Waals surface area (Å²) in [6, 6.07) is 16.9. The molecule has 1 aromatic heterocycles. The van der Waals surface area contributed by atoms with E-state index in [1.54, 1.807) is 7.11 Å². The molecule has 134 valence electrons. The number of furan rings is 1. The van der Waals surface area contributed by atoms with Crippen molar-refractivity contribution in [2.24, 2.45) is 0 Å². The Balaban J connectivity index is 1.63. The van der Waals surface area contributed by atoms with Gasteiger partial charge in [0.25, 0.3) is 0 Å². The molecule has 5 nitrogen and oxygen atoms in total. The molecular formula is C20H19ClN2O3. The molecule has 0 aliphatic heterocycles. The fraction of sp³-hybridized carbons (Fsp3) is 0.150. The molecule has 1 heterocycles. The first kappa shape index (κ1) is 17.9. The van der Waals surface area contributed by atoms with Crippen LogP contribution in [-0.2, 0) is 11.3 Å². The first-order chi connectivity index (χ1) is 12.5. The number of benzene rings is 2. The Bertz CT molecular complexity index is 904. The zero-order valence-corrected chi connectivity index (χ0v) is 15.3. The Hall–Kier alpha value is -2.92. The summed E-state index contributed by atoms with van der Waals surface area (Å²) in [6.45, 7) is 2.03. The predicted octanol–water partition coefficient (Wildman–Crippen LogP) is 5.18. The molecule has 0 unspecified atom stereocenters. The third-order valence-electron chi connectivity index (χ3n) is 3.77. The van der Waals surface area contributed by atoms with Gasteiger partial charge < -0.3 is 19.8 Å². The monoisotopic (exact) mass is 370 g/mol. The number of hydrogen-bond donors (Lipinski definition) is 2. The van der Waals surface area contributed by atoms with Crippen molar-refractivity contribution in [1.82, 2.24) is 0 Å². The van der Waals surface area contributed by atoms with Gasteiger partial charge in [0.15, 0.2) is 0 Å². The zero-order chi connectivity index (χ0) is 18.5. The van der Waals surface area contributed by atoms with Crippen molar-refractivity contribution in [2.75, 3.05) is 17.7 Å². The fourth-order valence-electron chi connectivity index (χ4n) is 2.51. The van der Waals surface area contributed by atoms with E-state index in [1.165, 1.54) is 6.92 Å². The lowest BCUT2D eigenvalue weighted by Gasteiger charge is -2.07. The summed E-state index contributed by atoms with van der Waals surface area (Å²) in [5.41, 5.74) is 2.59. The van der Waals surface area contributed by atoms with Crippen LogP contribution in [0.15, 0.2) is 59.0 Å². The van der Waals surface area contributed by atoms with Crippen molar-refractivity contribution in [2.45, 2.75) is 13.5 Å². The molecule has 26 heavy (non-hydrogen) atoms. The number of carbonyl (C=O) groups excluding carboxylic acids is 1. The molecule has 0 fully saturated rings. The average Bonchev–Trinajstić information content (AvgIpc) is 3.09. The average molecular weight is 371 g/mol. The molecular weight excluding hydrogens is 352 g/mol. The second-order valence-corrected chi connectivity index (χ2v) is 6.13. The van der Waals surface area contributed by atoms with Gasteiger partial charge in [-0.15, -0.1) is 0 Å². The standard InChI is InChI=1S/C20H19ClN2O3/c1-13(24)23-16-6-4-15(5-7-16)22-12-17-8-10-19(26-17)14-3-9-20(25-2)18(21)11-14/h3-11,22H,12H2,1-2H3,(H,23,24). The lowest BCUT2D eigenvalue weighted by molar-refractivity contribution is -0.114. The number of rotatable bonds is 6. The highest BCUT2D eigenvalue weighted by Gasteiger charge is 2.08. The van der Waals surface area contributed by atoms with Crippen LogP contribution in [0.1, 0.15) is 12.7 Å². The lowest BCUT2D eigenvalue weighted by Crippen LogP contribution is -2.05. The number of anilines is 2. The van der Waals surface area contributed by atoms with Gasteiger partial charge in [-0.05, 0) is 54.6 Å². The Morgan fingerprint density at radius 2 is 1.81 bits per heavy atom. The topological polar surface area (TPSA) is 63.5 Å². The van der Waals surface area contributed by atoms with Crippen LogP contribution in [-0.4, -0.2) is 13.0 Å². The highest BCUT2D eigenvalue weighted by atomic mass is 35.5. The molecule has 0 atom stereocenters. The zero-order valence-electron chi connectivity index (χ0n) is 14.5. The van der Waals surface area contributed by atoms with E-state index in [-0.39, 0.29) is 5.91 Å². The molecule has 0 aliphatic rings. The number of amides is 1. The van der Waals surface area contributed by atoms with Crippen molar-refractivity contribution >= 4 is 28.9 Å². The summed E-state index contributed by atoms with van der Waals surface area (Å²) in [4.78, 5) is 11.0. The second-order valence-electron chi connectivity index (χ2n) is 5.73. The predicted molar refractivity (Wildman–Crippen MR) is 104 cm³/mol. The van der Waals surface area contributed by atoms with E-state index in [9.17, 15) is 4.79 Å². The largest absolute Gasteiger partial charge is 0.495 e. The van der Waals surface area contributed by atoms with Crippen LogP contribution in [0, 0.1) is 0 Å². The maximum absolute atomic E-state index is 11.0. The van der Waals surface area contributed by atoms with Crippen molar-refractivity contribution in [3.63, 3.8) is 0 Å². The number of nitrogens with one attached hydrogen (secondary N) is 2. The van der Waals surface area contributed by atoms with Crippen molar-refractivity contribution in [1.29, 1.82) is 0 Å². The highest BCUT2D eigenvalue weighted by molar-refractivity contribution is 6.32. The summed E-state index contributed by atoms with van der Waals surface area (Å²) in [7, 11) is 1.58. The van der Waals surface area contributed by atoms with Crippen LogP contribution in [0.4, 0.5) is 11.4 Å². The summed E-state index contributed by atoms with van der Waals surface area (Å²) in [5.74, 6) is 2.09. The summed E-state index contributed by atoms with van der Waals surface area (Å²) < 4.78 is 11.0. The summed E-state index contributed by atoms with van der Waals surface area (Å²) in [5, 5.41) is 6.56. The SMILES string of the molecule is COc1ccc(-c2ccc(CNc3ccc(NC(C)=O)cc3)o2)cc1Cl. The van der Waals surface area contributed by atoms with Crippen molar-refractivity contribution in [3.8, 4) is 17.1 Å². The van der Waals surface area contributed by atoms with Gasteiger partial charge in [0.05, 0.1) is 18.7 Å². The minimum absolute atomic E-state index is 0.0903. The number of carbonyl (C=O) groups is 1. The number of halogens is 1. The van der Waals surface area contributed by atoms with E-state index >= 15 is 0 Å². The van der Waals surface area contributed by atoms with Crippen LogP contribution in [0.5, 0.6) is 5.75 Å². The number of methoxy groups -OCH3 is 1. The normalized spacial score (nSPS) is 10.4. The van der Waals surface area contributed by atoms with Crippen LogP contribution >= 0.6 is 11.6 Å². The number of ether oxygens (including phenoxy) is 1.